The molecule has 0 radical (unpaired) electrons. The van der Waals surface area contributed by atoms with Crippen molar-refractivity contribution in [3.63, 3.8) is 0 Å². The van der Waals surface area contributed by atoms with Gasteiger partial charge in [0.05, 0.1) is 0 Å². The van der Waals surface area contributed by atoms with Crippen LogP contribution in [0.15, 0.2) is 24.3 Å². The molecule has 0 unspecified atom stereocenters. The number of hydrogen-bond acceptors (Lipinski definition) is 4. The first-order valence-electron chi connectivity index (χ1n) is 6.01. The van der Waals surface area contributed by atoms with Gasteiger partial charge in [-0.1, -0.05) is 35.1 Å². The Balaban J connectivity index is 2.27. The molecule has 19 heavy (non-hydrogen) atoms. The maximum Gasteiger partial charge on any atom is 0.265 e. The third-order valence-corrected chi connectivity index (χ3v) is 3.78. The van der Waals surface area contributed by atoms with Gasteiger partial charge in [-0.25, -0.2) is 0 Å². The van der Waals surface area contributed by atoms with Gasteiger partial charge in [0, 0.05) is 16.6 Å². The minimum absolute atomic E-state index is 0.130. The molecule has 2 aromatic rings. The highest BCUT2D eigenvalue weighted by atomic mass is 35.5. The molecule has 4 nitrogen and oxygen atoms in total. The SMILES string of the molecule is CC[C@@H](C)NC(=O)c1snnc1-c1ccc(Cl)cc1. The molecular weight excluding hydrogens is 282 g/mol. The minimum Gasteiger partial charge on any atom is -0.349 e. The summed E-state index contributed by atoms with van der Waals surface area (Å²) in [7, 11) is 0. The third-order valence-electron chi connectivity index (χ3n) is 2.80. The quantitative estimate of drug-likeness (QED) is 0.940. The van der Waals surface area contributed by atoms with Crippen molar-refractivity contribution in [3.05, 3.63) is 34.2 Å². The first-order valence-corrected chi connectivity index (χ1v) is 7.16. The molecule has 0 aliphatic carbocycles. The predicted octanol–water partition coefficient (Wildman–Crippen LogP) is 3.39. The number of hydrogen-bond donors (Lipinski definition) is 1. The fourth-order valence-corrected chi connectivity index (χ4v) is 2.24. The van der Waals surface area contributed by atoms with Gasteiger partial charge in [-0.05, 0) is 37.0 Å². The molecule has 100 valence electrons. The van der Waals surface area contributed by atoms with Gasteiger partial charge in [-0.2, -0.15) is 0 Å². The zero-order valence-corrected chi connectivity index (χ0v) is 12.3. The first-order chi connectivity index (χ1) is 9.11. The Bertz CT molecular complexity index is 568. The summed E-state index contributed by atoms with van der Waals surface area (Å²) in [5.41, 5.74) is 1.44. The molecule has 1 aromatic carbocycles. The van der Waals surface area contributed by atoms with E-state index in [9.17, 15) is 4.79 Å². The van der Waals surface area contributed by atoms with Crippen LogP contribution in [0.5, 0.6) is 0 Å². The lowest BCUT2D eigenvalue weighted by Crippen LogP contribution is -2.31. The third kappa shape index (κ3) is 3.30. The summed E-state index contributed by atoms with van der Waals surface area (Å²) in [6, 6.07) is 7.34. The summed E-state index contributed by atoms with van der Waals surface area (Å²) in [5, 5.41) is 7.60. The van der Waals surface area contributed by atoms with Crippen molar-refractivity contribution >= 4 is 29.0 Å². The molecule has 1 aromatic heterocycles. The van der Waals surface area contributed by atoms with Crippen LogP contribution in [0.2, 0.25) is 5.02 Å². The van der Waals surface area contributed by atoms with E-state index in [2.05, 4.69) is 14.9 Å². The number of nitrogens with zero attached hydrogens (tertiary/aromatic N) is 2. The normalized spacial score (nSPS) is 12.2. The van der Waals surface area contributed by atoms with Crippen molar-refractivity contribution in [2.24, 2.45) is 0 Å². The first kappa shape index (κ1) is 14.0. The fourth-order valence-electron chi connectivity index (χ4n) is 1.53. The zero-order chi connectivity index (χ0) is 13.8. The second-order valence-electron chi connectivity index (χ2n) is 4.24. The highest BCUT2D eigenvalue weighted by Gasteiger charge is 2.18. The van der Waals surface area contributed by atoms with E-state index in [-0.39, 0.29) is 11.9 Å². The summed E-state index contributed by atoms with van der Waals surface area (Å²) in [4.78, 5) is 12.7. The fraction of sp³-hybridized carbons (Fsp3) is 0.308. The zero-order valence-electron chi connectivity index (χ0n) is 10.7. The molecule has 0 aliphatic heterocycles. The van der Waals surface area contributed by atoms with E-state index in [1.807, 2.05) is 26.0 Å². The van der Waals surface area contributed by atoms with Gasteiger partial charge in [-0.3, -0.25) is 4.79 Å². The molecule has 0 saturated heterocycles. The minimum atomic E-state index is -0.130. The Labute approximate surface area is 121 Å². The Hall–Kier alpha value is -1.46. The number of carbonyl (C=O) groups is 1. The molecule has 0 aliphatic rings. The van der Waals surface area contributed by atoms with E-state index in [1.165, 1.54) is 0 Å². The van der Waals surface area contributed by atoms with Crippen LogP contribution in [0.25, 0.3) is 11.3 Å². The van der Waals surface area contributed by atoms with Crippen LogP contribution in [-0.2, 0) is 0 Å². The van der Waals surface area contributed by atoms with Crippen molar-refractivity contribution in [1.29, 1.82) is 0 Å². The summed E-state index contributed by atoms with van der Waals surface area (Å²) in [5.74, 6) is -0.130. The number of carbonyl (C=O) groups excluding carboxylic acids is 1. The molecule has 1 atom stereocenters. The van der Waals surface area contributed by atoms with Crippen molar-refractivity contribution in [3.8, 4) is 11.3 Å². The molecule has 0 saturated carbocycles. The highest BCUT2D eigenvalue weighted by molar-refractivity contribution is 7.08. The van der Waals surface area contributed by atoms with E-state index >= 15 is 0 Å². The number of halogens is 1. The van der Waals surface area contributed by atoms with E-state index in [0.717, 1.165) is 23.5 Å². The molecule has 0 fully saturated rings. The standard InChI is InChI=1S/C13H14ClN3OS/c1-3-8(2)15-13(18)12-11(16-17-19-12)9-4-6-10(14)7-5-9/h4-8H,3H2,1-2H3,(H,15,18)/t8-/m1/s1. The van der Waals surface area contributed by atoms with Crippen LogP contribution >= 0.6 is 23.1 Å². The molecule has 1 heterocycles. The molecular formula is C13H14ClN3OS. The Morgan fingerprint density at radius 2 is 2.11 bits per heavy atom. The molecule has 1 N–H and O–H groups in total. The number of nitrogens with one attached hydrogen (secondary N) is 1. The van der Waals surface area contributed by atoms with Gasteiger partial charge in [0.1, 0.15) is 10.6 Å². The molecule has 6 heteroatoms. The average molecular weight is 296 g/mol. The topological polar surface area (TPSA) is 54.9 Å². The molecule has 0 bridgehead atoms. The van der Waals surface area contributed by atoms with E-state index in [1.54, 1.807) is 12.1 Å². The lowest BCUT2D eigenvalue weighted by Gasteiger charge is -2.10. The maximum atomic E-state index is 12.1. The van der Waals surface area contributed by atoms with Gasteiger partial charge in [0.25, 0.3) is 5.91 Å². The van der Waals surface area contributed by atoms with E-state index in [0.29, 0.717) is 15.6 Å². The molecule has 2 rings (SSSR count). The Morgan fingerprint density at radius 3 is 2.74 bits per heavy atom. The van der Waals surface area contributed by atoms with Gasteiger partial charge in [-0.15, -0.1) is 5.10 Å². The number of aromatic nitrogens is 2. The second kappa shape index (κ2) is 6.12. The van der Waals surface area contributed by atoms with Crippen LogP contribution in [0, 0.1) is 0 Å². The van der Waals surface area contributed by atoms with Crippen molar-refractivity contribution in [2.45, 2.75) is 26.3 Å². The number of amides is 1. The lowest BCUT2D eigenvalue weighted by atomic mass is 10.1. The van der Waals surface area contributed by atoms with Crippen LogP contribution in [-0.4, -0.2) is 21.5 Å². The predicted molar refractivity (Wildman–Crippen MR) is 77.6 cm³/mol. The largest absolute Gasteiger partial charge is 0.349 e. The lowest BCUT2D eigenvalue weighted by molar-refractivity contribution is 0.0944. The van der Waals surface area contributed by atoms with Gasteiger partial charge >= 0.3 is 0 Å². The summed E-state index contributed by atoms with van der Waals surface area (Å²) in [6.45, 7) is 3.99. The van der Waals surface area contributed by atoms with Crippen molar-refractivity contribution in [1.82, 2.24) is 14.9 Å². The van der Waals surface area contributed by atoms with Crippen LogP contribution in [0.4, 0.5) is 0 Å². The highest BCUT2D eigenvalue weighted by Crippen LogP contribution is 2.25. The monoisotopic (exact) mass is 295 g/mol. The smallest absolute Gasteiger partial charge is 0.265 e. The second-order valence-corrected chi connectivity index (χ2v) is 5.43. The number of benzene rings is 1. The number of rotatable bonds is 4. The molecule has 0 spiro atoms. The van der Waals surface area contributed by atoms with Crippen molar-refractivity contribution < 1.29 is 4.79 Å². The van der Waals surface area contributed by atoms with E-state index < -0.39 is 0 Å². The Kier molecular flexibility index (Phi) is 4.50. The van der Waals surface area contributed by atoms with Crippen LogP contribution in [0.3, 0.4) is 0 Å². The Morgan fingerprint density at radius 1 is 1.42 bits per heavy atom. The average Bonchev–Trinajstić information content (AvgIpc) is 2.88. The summed E-state index contributed by atoms with van der Waals surface area (Å²) < 4.78 is 3.87. The summed E-state index contributed by atoms with van der Waals surface area (Å²) >= 11 is 6.95. The van der Waals surface area contributed by atoms with Crippen LogP contribution < -0.4 is 5.32 Å². The van der Waals surface area contributed by atoms with Crippen LogP contribution in [0.1, 0.15) is 29.9 Å². The summed E-state index contributed by atoms with van der Waals surface area (Å²) in [6.07, 6.45) is 0.883. The molecule has 1 amide bonds. The van der Waals surface area contributed by atoms with Gasteiger partial charge in [0.15, 0.2) is 0 Å². The van der Waals surface area contributed by atoms with E-state index in [4.69, 9.17) is 11.6 Å². The maximum absolute atomic E-state index is 12.1. The van der Waals surface area contributed by atoms with Crippen molar-refractivity contribution in [2.75, 3.05) is 0 Å². The van der Waals surface area contributed by atoms with Gasteiger partial charge in [0.2, 0.25) is 0 Å². The van der Waals surface area contributed by atoms with Gasteiger partial charge < -0.3 is 5.32 Å².